The van der Waals surface area contributed by atoms with E-state index in [9.17, 15) is 9.18 Å². The molecule has 0 atom stereocenters. The average Bonchev–Trinajstić information content (AvgIpc) is 2.50. The average molecular weight is 344 g/mol. The monoisotopic (exact) mass is 343 g/mol. The minimum atomic E-state index is -0.572. The van der Waals surface area contributed by atoms with Gasteiger partial charge in [0, 0.05) is 12.0 Å². The van der Waals surface area contributed by atoms with E-state index in [1.54, 1.807) is 6.07 Å². The van der Waals surface area contributed by atoms with Gasteiger partial charge in [0.25, 0.3) is 0 Å². The summed E-state index contributed by atoms with van der Waals surface area (Å²) in [5, 5.41) is 0. The molecule has 0 fully saturated rings. The second-order valence-corrected chi connectivity index (χ2v) is 7.59. The van der Waals surface area contributed by atoms with Gasteiger partial charge in [0.15, 0.2) is 0 Å². The van der Waals surface area contributed by atoms with Gasteiger partial charge in [-0.2, -0.15) is 0 Å². The largest absolute Gasteiger partial charge is 0.443 e. The van der Waals surface area contributed by atoms with Crippen LogP contribution in [0.25, 0.3) is 0 Å². The smallest absolute Gasteiger partial charge is 0.414 e. The lowest BCUT2D eigenvalue weighted by Gasteiger charge is -2.25. The van der Waals surface area contributed by atoms with Crippen LogP contribution in [0.2, 0.25) is 0 Å². The van der Waals surface area contributed by atoms with Crippen molar-refractivity contribution in [2.24, 2.45) is 0 Å². The summed E-state index contributed by atoms with van der Waals surface area (Å²) in [6.45, 7) is 9.98. The zero-order valence-corrected chi connectivity index (χ0v) is 14.0. The van der Waals surface area contributed by atoms with Crippen molar-refractivity contribution < 1.29 is 13.9 Å². The maximum Gasteiger partial charge on any atom is 0.414 e. The lowest BCUT2D eigenvalue weighted by molar-refractivity contribution is 0.0579. The van der Waals surface area contributed by atoms with Crippen molar-refractivity contribution in [1.82, 2.24) is 0 Å². The van der Waals surface area contributed by atoms with E-state index in [4.69, 9.17) is 4.74 Å². The standard InChI is InChI=1S/C15H19BrFNO2/c1-14(2,3)20-13(19)18-8-15(4,5)9-6-10(16)11(17)7-12(9)18/h6-7H,8H2,1-5H3. The number of hydrogen-bond acceptors (Lipinski definition) is 2. The molecule has 0 aliphatic carbocycles. The first-order valence-corrected chi connectivity index (χ1v) is 7.31. The van der Waals surface area contributed by atoms with Crippen LogP contribution in [-0.2, 0) is 10.2 Å². The fourth-order valence-corrected chi connectivity index (χ4v) is 2.69. The number of hydrogen-bond donors (Lipinski definition) is 0. The van der Waals surface area contributed by atoms with Crippen LogP contribution in [0.1, 0.15) is 40.2 Å². The highest BCUT2D eigenvalue weighted by Crippen LogP contribution is 2.43. The number of carbonyl (C=O) groups excluding carboxylic acids is 1. The molecule has 0 unspecified atom stereocenters. The number of benzene rings is 1. The van der Waals surface area contributed by atoms with Crippen LogP contribution < -0.4 is 4.90 Å². The molecule has 20 heavy (non-hydrogen) atoms. The molecule has 5 heteroatoms. The highest BCUT2D eigenvalue weighted by molar-refractivity contribution is 9.10. The molecule has 0 bridgehead atoms. The van der Waals surface area contributed by atoms with Crippen LogP contribution >= 0.6 is 15.9 Å². The quantitative estimate of drug-likeness (QED) is 0.687. The summed E-state index contributed by atoms with van der Waals surface area (Å²) in [7, 11) is 0. The summed E-state index contributed by atoms with van der Waals surface area (Å²) < 4.78 is 19.6. The molecule has 110 valence electrons. The Morgan fingerprint density at radius 2 is 2.00 bits per heavy atom. The number of nitrogens with zero attached hydrogens (tertiary/aromatic N) is 1. The van der Waals surface area contributed by atoms with Crippen molar-refractivity contribution in [1.29, 1.82) is 0 Å². The first-order chi connectivity index (χ1) is 9.01. The Morgan fingerprint density at radius 1 is 1.40 bits per heavy atom. The highest BCUT2D eigenvalue weighted by atomic mass is 79.9. The Morgan fingerprint density at radius 3 is 2.55 bits per heavy atom. The molecule has 0 radical (unpaired) electrons. The molecule has 0 aromatic heterocycles. The van der Waals surface area contributed by atoms with E-state index in [2.05, 4.69) is 15.9 Å². The highest BCUT2D eigenvalue weighted by Gasteiger charge is 2.40. The molecule has 1 amide bonds. The number of carbonyl (C=O) groups is 1. The second kappa shape index (κ2) is 4.72. The van der Waals surface area contributed by atoms with E-state index in [1.165, 1.54) is 11.0 Å². The number of rotatable bonds is 0. The summed E-state index contributed by atoms with van der Waals surface area (Å²) in [4.78, 5) is 13.8. The van der Waals surface area contributed by atoms with E-state index in [-0.39, 0.29) is 11.2 Å². The van der Waals surface area contributed by atoms with Gasteiger partial charge < -0.3 is 4.74 Å². The van der Waals surface area contributed by atoms with Crippen molar-refractivity contribution in [3.8, 4) is 0 Å². The predicted molar refractivity (Wildman–Crippen MR) is 80.7 cm³/mol. The van der Waals surface area contributed by atoms with Crippen molar-refractivity contribution in [2.45, 2.75) is 45.6 Å². The summed E-state index contributed by atoms with van der Waals surface area (Å²) >= 11 is 3.20. The SMILES string of the molecule is CC(C)(C)OC(=O)N1CC(C)(C)c2cc(Br)c(F)cc21. The molecule has 1 heterocycles. The van der Waals surface area contributed by atoms with E-state index in [1.807, 2.05) is 34.6 Å². The van der Waals surface area contributed by atoms with Crippen LogP contribution in [0.3, 0.4) is 0 Å². The molecule has 1 aliphatic rings. The van der Waals surface area contributed by atoms with Crippen molar-refractivity contribution in [2.75, 3.05) is 11.4 Å². The Hall–Kier alpha value is -1.10. The first kappa shape index (κ1) is 15.3. The van der Waals surface area contributed by atoms with Gasteiger partial charge in [-0.05, 0) is 54.4 Å². The number of halogens is 2. The molecular weight excluding hydrogens is 325 g/mol. The Bertz CT molecular complexity index is 564. The number of ether oxygens (including phenoxy) is 1. The van der Waals surface area contributed by atoms with Crippen LogP contribution in [-0.4, -0.2) is 18.2 Å². The second-order valence-electron chi connectivity index (χ2n) is 6.73. The maximum atomic E-state index is 13.8. The summed E-state index contributed by atoms with van der Waals surface area (Å²) in [6, 6.07) is 3.13. The summed E-state index contributed by atoms with van der Waals surface area (Å²) in [5.74, 6) is -0.380. The van der Waals surface area contributed by atoms with Gasteiger partial charge >= 0.3 is 6.09 Å². The third kappa shape index (κ3) is 2.82. The number of fused-ring (bicyclic) bond motifs is 1. The maximum absolute atomic E-state index is 13.8. The van der Waals surface area contributed by atoms with E-state index in [0.29, 0.717) is 16.7 Å². The van der Waals surface area contributed by atoms with Crippen molar-refractivity contribution in [3.05, 3.63) is 28.0 Å². The molecule has 2 rings (SSSR count). The Kier molecular flexibility index (Phi) is 3.61. The van der Waals surface area contributed by atoms with E-state index < -0.39 is 11.7 Å². The summed E-state index contributed by atoms with van der Waals surface area (Å²) in [6.07, 6.45) is -0.439. The predicted octanol–water partition coefficient (Wildman–Crippen LogP) is 4.62. The molecule has 3 nitrogen and oxygen atoms in total. The Labute approximate surface area is 127 Å². The molecule has 1 aromatic carbocycles. The molecule has 1 aliphatic heterocycles. The minimum Gasteiger partial charge on any atom is -0.443 e. The van der Waals surface area contributed by atoms with Gasteiger partial charge in [0.05, 0.1) is 10.2 Å². The van der Waals surface area contributed by atoms with Crippen molar-refractivity contribution in [3.63, 3.8) is 0 Å². The van der Waals surface area contributed by atoms with Crippen molar-refractivity contribution >= 4 is 27.7 Å². The minimum absolute atomic E-state index is 0.234. The zero-order chi connectivity index (χ0) is 15.3. The Balaban J connectivity index is 2.42. The molecule has 0 saturated carbocycles. The fourth-order valence-electron chi connectivity index (χ4n) is 2.35. The molecule has 0 N–H and O–H groups in total. The van der Waals surface area contributed by atoms with E-state index in [0.717, 1.165) is 5.56 Å². The van der Waals surface area contributed by atoms with Gasteiger partial charge in [-0.15, -0.1) is 0 Å². The normalized spacial score (nSPS) is 17.1. The third-order valence-corrected chi connectivity index (χ3v) is 3.83. The van der Waals surface area contributed by atoms with Gasteiger partial charge in [-0.1, -0.05) is 13.8 Å². The zero-order valence-electron chi connectivity index (χ0n) is 12.4. The third-order valence-electron chi connectivity index (χ3n) is 3.23. The van der Waals surface area contributed by atoms with Gasteiger partial charge in [-0.3, -0.25) is 4.90 Å². The van der Waals surface area contributed by atoms with Gasteiger partial charge in [-0.25, -0.2) is 9.18 Å². The molecule has 0 saturated heterocycles. The summed E-state index contributed by atoms with van der Waals surface area (Å²) in [5.41, 5.74) is 0.724. The van der Waals surface area contributed by atoms with Crippen LogP contribution in [0.4, 0.5) is 14.9 Å². The molecule has 1 aromatic rings. The first-order valence-electron chi connectivity index (χ1n) is 6.51. The topological polar surface area (TPSA) is 29.5 Å². The lowest BCUT2D eigenvalue weighted by Crippen LogP contribution is -2.38. The van der Waals surface area contributed by atoms with Crippen LogP contribution in [0, 0.1) is 5.82 Å². The van der Waals surface area contributed by atoms with Crippen LogP contribution in [0.5, 0.6) is 0 Å². The van der Waals surface area contributed by atoms with Crippen LogP contribution in [0.15, 0.2) is 16.6 Å². The lowest BCUT2D eigenvalue weighted by atomic mass is 9.87. The van der Waals surface area contributed by atoms with Gasteiger partial charge in [0.1, 0.15) is 11.4 Å². The van der Waals surface area contributed by atoms with E-state index >= 15 is 0 Å². The number of amides is 1. The molecule has 0 spiro atoms. The van der Waals surface area contributed by atoms with Gasteiger partial charge in [0.2, 0.25) is 0 Å². The fraction of sp³-hybridized carbons (Fsp3) is 0.533. The number of anilines is 1. The molecular formula is C15H19BrFNO2.